The Hall–Kier alpha value is -0.910. The fourth-order valence-electron chi connectivity index (χ4n) is 2.89. The van der Waals surface area contributed by atoms with Crippen molar-refractivity contribution in [3.63, 3.8) is 0 Å². The van der Waals surface area contributed by atoms with Crippen LogP contribution in [-0.4, -0.2) is 37.6 Å². The second-order valence-electron chi connectivity index (χ2n) is 6.10. The maximum Gasteiger partial charge on any atom is 0.214 e. The third kappa shape index (κ3) is 4.05. The van der Waals surface area contributed by atoms with E-state index >= 15 is 0 Å². The largest absolute Gasteiger partial charge is 0.314 e. The zero-order chi connectivity index (χ0) is 14.7. The molecule has 0 spiro atoms. The smallest absolute Gasteiger partial charge is 0.214 e. The highest BCUT2D eigenvalue weighted by Crippen LogP contribution is 2.21. The van der Waals surface area contributed by atoms with E-state index in [-0.39, 0.29) is 5.75 Å². The molecule has 1 aliphatic heterocycles. The molecular weight excluding hydrogens is 284 g/mol. The molecule has 0 bridgehead atoms. The van der Waals surface area contributed by atoms with Crippen LogP contribution in [0.3, 0.4) is 0 Å². The lowest BCUT2D eigenvalue weighted by Gasteiger charge is -2.20. The van der Waals surface area contributed by atoms with Crippen molar-refractivity contribution in [1.29, 1.82) is 0 Å². The Morgan fingerprint density at radius 1 is 1.19 bits per heavy atom. The molecule has 0 amide bonds. The molecule has 2 aliphatic rings. The number of fused-ring (bicyclic) bond motifs is 1. The third-order valence-electron chi connectivity index (χ3n) is 4.30. The predicted octanol–water partition coefficient (Wildman–Crippen LogP) is 1.91. The van der Waals surface area contributed by atoms with E-state index in [1.54, 1.807) is 4.31 Å². The van der Waals surface area contributed by atoms with E-state index in [4.69, 9.17) is 0 Å². The van der Waals surface area contributed by atoms with Crippen molar-refractivity contribution in [2.75, 3.05) is 18.8 Å². The Balaban J connectivity index is 1.59. The van der Waals surface area contributed by atoms with Gasteiger partial charge in [0, 0.05) is 19.1 Å². The normalized spacial score (nSPS) is 20.0. The highest BCUT2D eigenvalue weighted by molar-refractivity contribution is 7.89. The van der Waals surface area contributed by atoms with Crippen molar-refractivity contribution >= 4 is 10.0 Å². The van der Waals surface area contributed by atoms with Crippen LogP contribution in [0.15, 0.2) is 24.3 Å². The van der Waals surface area contributed by atoms with Gasteiger partial charge in [0.1, 0.15) is 0 Å². The van der Waals surface area contributed by atoms with Crippen LogP contribution in [0.2, 0.25) is 0 Å². The average molecular weight is 308 g/mol. The summed E-state index contributed by atoms with van der Waals surface area (Å²) in [5.41, 5.74) is 2.46. The molecule has 0 radical (unpaired) electrons. The quantitative estimate of drug-likeness (QED) is 0.817. The first-order valence-corrected chi connectivity index (χ1v) is 9.54. The fraction of sp³-hybridized carbons (Fsp3) is 0.625. The number of hydrogen-bond acceptors (Lipinski definition) is 3. The molecule has 4 nitrogen and oxygen atoms in total. The zero-order valence-corrected chi connectivity index (χ0v) is 13.2. The fourth-order valence-corrected chi connectivity index (χ4v) is 4.40. The lowest BCUT2D eigenvalue weighted by atomic mass is 10.0. The summed E-state index contributed by atoms with van der Waals surface area (Å²) in [5, 5.41) is 3.38. The Kier molecular flexibility index (Phi) is 4.62. The summed E-state index contributed by atoms with van der Waals surface area (Å²) >= 11 is 0. The first-order valence-electron chi connectivity index (χ1n) is 7.93. The number of aryl methyl sites for hydroxylation is 1. The van der Waals surface area contributed by atoms with E-state index < -0.39 is 10.0 Å². The van der Waals surface area contributed by atoms with Crippen LogP contribution < -0.4 is 5.32 Å². The predicted molar refractivity (Wildman–Crippen MR) is 84.6 cm³/mol. The molecular formula is C16H24N2O2S. The molecule has 0 aromatic heterocycles. The van der Waals surface area contributed by atoms with Crippen LogP contribution in [0.25, 0.3) is 0 Å². The molecule has 1 heterocycles. The Morgan fingerprint density at radius 3 is 2.71 bits per heavy atom. The molecule has 116 valence electrons. The summed E-state index contributed by atoms with van der Waals surface area (Å²) in [6, 6.07) is 8.85. The molecule has 0 saturated heterocycles. The molecule has 0 unspecified atom stereocenters. The summed E-state index contributed by atoms with van der Waals surface area (Å²) in [6.07, 6.45) is 5.09. The minimum Gasteiger partial charge on any atom is -0.314 e. The van der Waals surface area contributed by atoms with Gasteiger partial charge in [-0.1, -0.05) is 24.3 Å². The van der Waals surface area contributed by atoms with Crippen LogP contribution in [-0.2, 0) is 23.0 Å². The van der Waals surface area contributed by atoms with Crippen molar-refractivity contribution in [2.24, 2.45) is 0 Å². The molecule has 1 aromatic rings. The van der Waals surface area contributed by atoms with Crippen LogP contribution in [0, 0.1) is 0 Å². The van der Waals surface area contributed by atoms with Crippen LogP contribution >= 0.6 is 0 Å². The first kappa shape index (κ1) is 15.0. The van der Waals surface area contributed by atoms with Gasteiger partial charge in [0.25, 0.3) is 0 Å². The van der Waals surface area contributed by atoms with Gasteiger partial charge in [-0.05, 0) is 49.8 Å². The molecule has 1 aromatic carbocycles. The number of rotatable bonds is 6. The van der Waals surface area contributed by atoms with Crippen LogP contribution in [0.4, 0.5) is 0 Å². The van der Waals surface area contributed by atoms with Gasteiger partial charge >= 0.3 is 0 Å². The highest BCUT2D eigenvalue weighted by atomic mass is 32.2. The van der Waals surface area contributed by atoms with Crippen molar-refractivity contribution < 1.29 is 8.42 Å². The molecule has 1 saturated carbocycles. The SMILES string of the molecule is O=S(=O)(CCCNC1CC1)N1CCCc2ccccc2C1. The maximum atomic E-state index is 12.5. The highest BCUT2D eigenvalue weighted by Gasteiger charge is 2.25. The van der Waals surface area contributed by atoms with Crippen molar-refractivity contribution in [2.45, 2.75) is 44.7 Å². The average Bonchev–Trinajstić information content (AvgIpc) is 3.29. The molecule has 1 N–H and O–H groups in total. The molecule has 1 fully saturated rings. The first-order chi connectivity index (χ1) is 10.1. The summed E-state index contributed by atoms with van der Waals surface area (Å²) in [4.78, 5) is 0. The number of nitrogens with one attached hydrogen (secondary N) is 1. The van der Waals surface area contributed by atoms with E-state index in [1.165, 1.54) is 18.4 Å². The summed E-state index contributed by atoms with van der Waals surface area (Å²) in [6.45, 7) is 2.00. The second kappa shape index (κ2) is 6.46. The lowest BCUT2D eigenvalue weighted by molar-refractivity contribution is 0.409. The maximum absolute atomic E-state index is 12.5. The minimum absolute atomic E-state index is 0.259. The minimum atomic E-state index is -3.13. The van der Waals surface area contributed by atoms with E-state index in [9.17, 15) is 8.42 Å². The molecule has 21 heavy (non-hydrogen) atoms. The third-order valence-corrected chi connectivity index (χ3v) is 6.20. The summed E-state index contributed by atoms with van der Waals surface area (Å²) in [7, 11) is -3.13. The van der Waals surface area contributed by atoms with E-state index in [1.807, 2.05) is 12.1 Å². The summed E-state index contributed by atoms with van der Waals surface area (Å²) in [5.74, 6) is 0.259. The van der Waals surface area contributed by atoms with Crippen molar-refractivity contribution in [3.8, 4) is 0 Å². The van der Waals surface area contributed by atoms with Gasteiger partial charge in [-0.15, -0.1) is 0 Å². The Labute approximate surface area is 127 Å². The van der Waals surface area contributed by atoms with Crippen LogP contribution in [0.5, 0.6) is 0 Å². The summed E-state index contributed by atoms with van der Waals surface area (Å²) < 4.78 is 26.7. The number of nitrogens with zero attached hydrogens (tertiary/aromatic N) is 1. The van der Waals surface area contributed by atoms with Gasteiger partial charge in [0.15, 0.2) is 0 Å². The van der Waals surface area contributed by atoms with Gasteiger partial charge in [-0.3, -0.25) is 0 Å². The number of sulfonamides is 1. The standard InChI is InChI=1S/C16H24N2O2S/c19-21(20,12-4-10-17-16-8-9-16)18-11-3-7-14-5-1-2-6-15(14)13-18/h1-2,5-6,16-17H,3-4,7-13H2. The number of hydrogen-bond donors (Lipinski definition) is 1. The molecule has 5 heteroatoms. The molecule has 1 aliphatic carbocycles. The van der Waals surface area contributed by atoms with E-state index in [0.29, 0.717) is 25.6 Å². The second-order valence-corrected chi connectivity index (χ2v) is 8.19. The van der Waals surface area contributed by atoms with E-state index in [2.05, 4.69) is 17.4 Å². The van der Waals surface area contributed by atoms with E-state index in [0.717, 1.165) is 24.9 Å². The Morgan fingerprint density at radius 2 is 1.95 bits per heavy atom. The number of benzene rings is 1. The van der Waals surface area contributed by atoms with Gasteiger partial charge in [-0.25, -0.2) is 8.42 Å². The monoisotopic (exact) mass is 308 g/mol. The molecule has 0 atom stereocenters. The Bertz CT molecular complexity index is 582. The van der Waals surface area contributed by atoms with Gasteiger partial charge < -0.3 is 5.32 Å². The van der Waals surface area contributed by atoms with Gasteiger partial charge in [-0.2, -0.15) is 4.31 Å². The van der Waals surface area contributed by atoms with Gasteiger partial charge in [0.05, 0.1) is 5.75 Å². The van der Waals surface area contributed by atoms with Crippen molar-refractivity contribution in [3.05, 3.63) is 35.4 Å². The van der Waals surface area contributed by atoms with Crippen LogP contribution in [0.1, 0.15) is 36.8 Å². The lowest BCUT2D eigenvalue weighted by Crippen LogP contribution is -2.34. The van der Waals surface area contributed by atoms with Gasteiger partial charge in [0.2, 0.25) is 10.0 Å². The zero-order valence-electron chi connectivity index (χ0n) is 12.4. The van der Waals surface area contributed by atoms with Crippen molar-refractivity contribution in [1.82, 2.24) is 9.62 Å². The molecule has 3 rings (SSSR count). The topological polar surface area (TPSA) is 49.4 Å².